The zero-order valence-electron chi connectivity index (χ0n) is 13.6. The normalized spacial score (nSPS) is 17.4. The first-order valence-corrected chi connectivity index (χ1v) is 8.23. The third kappa shape index (κ3) is 4.96. The Hall–Kier alpha value is -2.08. The number of amides is 2. The Morgan fingerprint density at radius 1 is 1.38 bits per heavy atom. The summed E-state index contributed by atoms with van der Waals surface area (Å²) in [4.78, 5) is 38.5. The lowest BCUT2D eigenvalue weighted by atomic mass is 9.98. The quantitative estimate of drug-likeness (QED) is 0.874. The van der Waals surface area contributed by atoms with Crippen LogP contribution in [-0.2, 0) is 20.8 Å². The zero-order chi connectivity index (χ0) is 17.7. The molecule has 1 unspecified atom stereocenters. The molecule has 24 heavy (non-hydrogen) atoms. The van der Waals surface area contributed by atoms with E-state index in [9.17, 15) is 14.4 Å². The Bertz CT molecular complexity index is 635. The van der Waals surface area contributed by atoms with Gasteiger partial charge in [0.2, 0.25) is 11.8 Å². The van der Waals surface area contributed by atoms with Gasteiger partial charge in [-0.1, -0.05) is 23.7 Å². The number of carboxylic acids is 1. The number of rotatable bonds is 5. The first-order chi connectivity index (χ1) is 11.4. The van der Waals surface area contributed by atoms with Crippen LogP contribution in [0.5, 0.6) is 0 Å². The van der Waals surface area contributed by atoms with Gasteiger partial charge in [0, 0.05) is 25.2 Å². The number of carbonyl (C=O) groups excluding carboxylic acids is 2. The maximum Gasteiger partial charge on any atom is 0.308 e. The fraction of sp³-hybridized carbons (Fsp3) is 0.471. The number of piperidine rings is 1. The van der Waals surface area contributed by atoms with Crippen LogP contribution >= 0.6 is 11.6 Å². The number of likely N-dealkylation sites (N-methyl/N-ethyl adjacent to an activating group) is 1. The minimum absolute atomic E-state index is 0.0499. The Morgan fingerprint density at radius 3 is 2.79 bits per heavy atom. The van der Waals surface area contributed by atoms with Crippen molar-refractivity contribution in [2.45, 2.75) is 19.3 Å². The van der Waals surface area contributed by atoms with E-state index >= 15 is 0 Å². The van der Waals surface area contributed by atoms with Crippen molar-refractivity contribution in [3.63, 3.8) is 0 Å². The summed E-state index contributed by atoms with van der Waals surface area (Å²) < 4.78 is 0. The minimum atomic E-state index is -0.877. The average molecular weight is 353 g/mol. The second-order valence-electron chi connectivity index (χ2n) is 6.07. The summed E-state index contributed by atoms with van der Waals surface area (Å²) in [5.41, 5.74) is 0.788. The van der Waals surface area contributed by atoms with Crippen molar-refractivity contribution in [3.8, 4) is 0 Å². The number of halogens is 1. The summed E-state index contributed by atoms with van der Waals surface area (Å²) in [6.07, 6.45) is 1.42. The Morgan fingerprint density at radius 2 is 2.12 bits per heavy atom. The van der Waals surface area contributed by atoms with Crippen molar-refractivity contribution in [2.24, 2.45) is 5.92 Å². The van der Waals surface area contributed by atoms with Crippen molar-refractivity contribution < 1.29 is 19.5 Å². The van der Waals surface area contributed by atoms with Crippen molar-refractivity contribution >= 4 is 29.4 Å². The molecule has 6 nitrogen and oxygen atoms in total. The minimum Gasteiger partial charge on any atom is -0.481 e. The molecule has 0 radical (unpaired) electrons. The van der Waals surface area contributed by atoms with Crippen LogP contribution in [0, 0.1) is 5.92 Å². The van der Waals surface area contributed by atoms with Gasteiger partial charge >= 0.3 is 5.97 Å². The molecule has 2 amide bonds. The maximum atomic E-state index is 12.3. The highest BCUT2D eigenvalue weighted by Gasteiger charge is 2.28. The smallest absolute Gasteiger partial charge is 0.308 e. The fourth-order valence-corrected chi connectivity index (χ4v) is 2.97. The number of nitrogens with zero attached hydrogens (tertiary/aromatic N) is 2. The lowest BCUT2D eigenvalue weighted by Gasteiger charge is -2.32. The largest absolute Gasteiger partial charge is 0.481 e. The average Bonchev–Trinajstić information content (AvgIpc) is 2.54. The number of benzene rings is 1. The number of hydrogen-bond acceptors (Lipinski definition) is 3. The van der Waals surface area contributed by atoms with E-state index < -0.39 is 11.9 Å². The molecule has 1 fully saturated rings. The van der Waals surface area contributed by atoms with Crippen LogP contribution < -0.4 is 0 Å². The summed E-state index contributed by atoms with van der Waals surface area (Å²) >= 11 is 5.90. The molecule has 0 spiro atoms. The molecule has 1 saturated heterocycles. The number of carboxylic acid groups (broad SMARTS) is 1. The molecule has 1 heterocycles. The van der Waals surface area contributed by atoms with E-state index in [4.69, 9.17) is 16.7 Å². The number of aliphatic carboxylic acids is 1. The topological polar surface area (TPSA) is 77.9 Å². The van der Waals surface area contributed by atoms with Gasteiger partial charge in [0.1, 0.15) is 0 Å². The maximum absolute atomic E-state index is 12.3. The van der Waals surface area contributed by atoms with Crippen LogP contribution in [0.4, 0.5) is 0 Å². The zero-order valence-corrected chi connectivity index (χ0v) is 14.3. The highest BCUT2D eigenvalue weighted by molar-refractivity contribution is 6.30. The van der Waals surface area contributed by atoms with Gasteiger partial charge in [0.15, 0.2) is 0 Å². The van der Waals surface area contributed by atoms with Crippen LogP contribution in [-0.4, -0.2) is 59.4 Å². The van der Waals surface area contributed by atoms with E-state index in [2.05, 4.69) is 0 Å². The van der Waals surface area contributed by atoms with Crippen LogP contribution in [0.3, 0.4) is 0 Å². The predicted molar refractivity (Wildman–Crippen MR) is 89.7 cm³/mol. The third-order valence-electron chi connectivity index (χ3n) is 4.17. The van der Waals surface area contributed by atoms with Gasteiger partial charge in [0.25, 0.3) is 0 Å². The summed E-state index contributed by atoms with van der Waals surface area (Å²) in [6, 6.07) is 7.03. The van der Waals surface area contributed by atoms with Gasteiger partial charge in [-0.3, -0.25) is 14.4 Å². The molecule has 1 aromatic carbocycles. The highest BCUT2D eigenvalue weighted by atomic mass is 35.5. The molecule has 130 valence electrons. The fourth-order valence-electron chi connectivity index (χ4n) is 2.75. The Kier molecular flexibility index (Phi) is 6.20. The third-order valence-corrected chi connectivity index (χ3v) is 4.40. The summed E-state index contributed by atoms with van der Waals surface area (Å²) in [5.74, 6) is -1.80. The van der Waals surface area contributed by atoms with Crippen LogP contribution in [0.1, 0.15) is 18.4 Å². The molecular formula is C17H21ClN2O4. The van der Waals surface area contributed by atoms with E-state index in [0.29, 0.717) is 24.4 Å². The van der Waals surface area contributed by atoms with Gasteiger partial charge < -0.3 is 14.9 Å². The van der Waals surface area contributed by atoms with Crippen molar-refractivity contribution in [1.82, 2.24) is 9.80 Å². The summed E-state index contributed by atoms with van der Waals surface area (Å²) in [6.45, 7) is 0.704. The molecule has 0 aliphatic carbocycles. The lowest BCUT2D eigenvalue weighted by Crippen LogP contribution is -2.47. The van der Waals surface area contributed by atoms with Gasteiger partial charge in [-0.2, -0.15) is 0 Å². The van der Waals surface area contributed by atoms with E-state index in [0.717, 1.165) is 5.56 Å². The number of carbonyl (C=O) groups is 3. The highest BCUT2D eigenvalue weighted by Crippen LogP contribution is 2.17. The van der Waals surface area contributed by atoms with Crippen LogP contribution in [0.2, 0.25) is 5.02 Å². The molecule has 2 rings (SSSR count). The standard InChI is InChI=1S/C17H21ClN2O4/c1-19(15(21)9-12-4-2-6-14(18)8-12)11-16(22)20-7-3-5-13(10-20)17(23)24/h2,4,6,8,13H,3,5,7,9-11H2,1H3,(H,23,24). The first kappa shape index (κ1) is 18.3. The Balaban J connectivity index is 1.88. The van der Waals surface area contributed by atoms with Gasteiger partial charge in [-0.25, -0.2) is 0 Å². The second-order valence-corrected chi connectivity index (χ2v) is 6.51. The van der Waals surface area contributed by atoms with Crippen molar-refractivity contribution in [1.29, 1.82) is 0 Å². The van der Waals surface area contributed by atoms with Gasteiger partial charge in [0.05, 0.1) is 18.9 Å². The lowest BCUT2D eigenvalue weighted by molar-refractivity contribution is -0.147. The van der Waals surface area contributed by atoms with E-state index in [1.54, 1.807) is 25.2 Å². The predicted octanol–water partition coefficient (Wildman–Crippen LogP) is 1.66. The molecule has 1 atom stereocenters. The van der Waals surface area contributed by atoms with Gasteiger partial charge in [-0.05, 0) is 30.5 Å². The molecule has 1 N–H and O–H groups in total. The molecule has 7 heteroatoms. The van der Waals surface area contributed by atoms with Crippen LogP contribution in [0.25, 0.3) is 0 Å². The molecule has 1 aliphatic heterocycles. The van der Waals surface area contributed by atoms with E-state index in [1.807, 2.05) is 6.07 Å². The molecule has 1 aliphatic rings. The molecule has 1 aromatic rings. The molecule has 0 aromatic heterocycles. The van der Waals surface area contributed by atoms with Crippen molar-refractivity contribution in [3.05, 3.63) is 34.9 Å². The molecular weight excluding hydrogens is 332 g/mol. The summed E-state index contributed by atoms with van der Waals surface area (Å²) in [7, 11) is 1.57. The first-order valence-electron chi connectivity index (χ1n) is 7.86. The van der Waals surface area contributed by atoms with E-state index in [-0.39, 0.29) is 31.3 Å². The molecule has 0 saturated carbocycles. The molecule has 0 bridgehead atoms. The van der Waals surface area contributed by atoms with Gasteiger partial charge in [-0.15, -0.1) is 0 Å². The van der Waals surface area contributed by atoms with Crippen LogP contribution in [0.15, 0.2) is 24.3 Å². The monoisotopic (exact) mass is 352 g/mol. The van der Waals surface area contributed by atoms with E-state index in [1.165, 1.54) is 9.80 Å². The number of likely N-dealkylation sites (tertiary alicyclic amines) is 1. The SMILES string of the molecule is CN(CC(=O)N1CCCC(C(=O)O)C1)C(=O)Cc1cccc(Cl)c1. The Labute approximate surface area is 146 Å². The van der Waals surface area contributed by atoms with Crippen molar-refractivity contribution in [2.75, 3.05) is 26.7 Å². The second kappa shape index (κ2) is 8.15. The number of hydrogen-bond donors (Lipinski definition) is 1. The summed E-state index contributed by atoms with van der Waals surface area (Å²) in [5, 5.41) is 9.64.